The first-order valence-electron chi connectivity index (χ1n) is 5.34. The lowest BCUT2D eigenvalue weighted by Gasteiger charge is -1.95. The van der Waals surface area contributed by atoms with E-state index in [2.05, 4.69) is 24.9 Å². The second kappa shape index (κ2) is 3.62. The van der Waals surface area contributed by atoms with E-state index in [1.807, 2.05) is 19.9 Å². The number of aromatic amines is 1. The molecule has 3 heterocycles. The average molecular weight is 225 g/mol. The van der Waals surface area contributed by atoms with Gasteiger partial charge in [-0.2, -0.15) is 0 Å². The average Bonchev–Trinajstić information content (AvgIpc) is 2.75. The Bertz CT molecular complexity index is 669. The molecule has 0 saturated heterocycles. The first-order chi connectivity index (χ1) is 8.24. The van der Waals surface area contributed by atoms with Gasteiger partial charge in [-0.1, -0.05) is 0 Å². The predicted octanol–water partition coefficient (Wildman–Crippen LogP) is 2.03. The molecule has 0 spiro atoms. The van der Waals surface area contributed by atoms with Crippen molar-refractivity contribution in [3.05, 3.63) is 35.9 Å². The number of nitrogens with zero attached hydrogens (tertiary/aromatic N) is 4. The summed E-state index contributed by atoms with van der Waals surface area (Å²) < 4.78 is 0. The minimum Gasteiger partial charge on any atom is -0.335 e. The van der Waals surface area contributed by atoms with Gasteiger partial charge in [0.25, 0.3) is 0 Å². The van der Waals surface area contributed by atoms with Crippen LogP contribution in [0.2, 0.25) is 0 Å². The highest BCUT2D eigenvalue weighted by atomic mass is 15.0. The number of hydrogen-bond acceptors (Lipinski definition) is 4. The van der Waals surface area contributed by atoms with E-state index in [1.165, 1.54) is 0 Å². The summed E-state index contributed by atoms with van der Waals surface area (Å²) in [5.74, 6) is 0.703. The second-order valence-corrected chi connectivity index (χ2v) is 3.95. The molecule has 0 radical (unpaired) electrons. The Hall–Kier alpha value is -2.30. The molecule has 0 atom stereocenters. The number of hydrogen-bond donors (Lipinski definition) is 1. The van der Waals surface area contributed by atoms with Gasteiger partial charge in [-0.3, -0.25) is 4.98 Å². The van der Waals surface area contributed by atoms with Crippen molar-refractivity contribution in [2.45, 2.75) is 13.8 Å². The molecule has 0 aliphatic rings. The monoisotopic (exact) mass is 225 g/mol. The van der Waals surface area contributed by atoms with Gasteiger partial charge in [0.1, 0.15) is 5.69 Å². The van der Waals surface area contributed by atoms with Crippen LogP contribution in [-0.4, -0.2) is 24.9 Å². The molecule has 0 bridgehead atoms. The number of aromatic nitrogens is 5. The molecular weight excluding hydrogens is 214 g/mol. The molecule has 0 unspecified atom stereocenters. The summed E-state index contributed by atoms with van der Waals surface area (Å²) in [4.78, 5) is 20.3. The molecule has 0 aromatic carbocycles. The first kappa shape index (κ1) is 9.89. The Labute approximate surface area is 98.0 Å². The lowest BCUT2D eigenvalue weighted by Crippen LogP contribution is -1.89. The van der Waals surface area contributed by atoms with Gasteiger partial charge in [0.15, 0.2) is 11.5 Å². The molecule has 84 valence electrons. The predicted molar refractivity (Wildman–Crippen MR) is 64.4 cm³/mol. The maximum Gasteiger partial charge on any atom is 0.178 e. The van der Waals surface area contributed by atoms with E-state index in [1.54, 1.807) is 18.6 Å². The molecule has 5 nitrogen and oxygen atoms in total. The molecule has 0 aliphatic heterocycles. The van der Waals surface area contributed by atoms with Crippen LogP contribution in [0, 0.1) is 13.8 Å². The molecule has 3 rings (SSSR count). The Morgan fingerprint density at radius 2 is 1.94 bits per heavy atom. The molecule has 1 N–H and O–H groups in total. The van der Waals surface area contributed by atoms with Crippen molar-refractivity contribution in [2.24, 2.45) is 0 Å². The van der Waals surface area contributed by atoms with Crippen LogP contribution in [0.1, 0.15) is 11.3 Å². The third-order valence-corrected chi connectivity index (χ3v) is 2.62. The molecule has 0 aliphatic carbocycles. The maximum atomic E-state index is 4.40. The number of pyridine rings is 1. The highest BCUT2D eigenvalue weighted by Gasteiger charge is 2.08. The van der Waals surface area contributed by atoms with Crippen molar-refractivity contribution < 1.29 is 0 Å². The SMILES string of the molecule is Cc1cnc(-c2nc3nccc(C)c3[nH]2)cn1. The van der Waals surface area contributed by atoms with E-state index in [0.717, 1.165) is 22.5 Å². The normalized spacial score (nSPS) is 10.9. The first-order valence-corrected chi connectivity index (χ1v) is 5.34. The van der Waals surface area contributed by atoms with E-state index in [-0.39, 0.29) is 0 Å². The second-order valence-electron chi connectivity index (χ2n) is 3.95. The Kier molecular flexibility index (Phi) is 2.11. The number of H-pyrrole nitrogens is 1. The van der Waals surface area contributed by atoms with Gasteiger partial charge in [-0.05, 0) is 25.5 Å². The molecule has 3 aromatic rings. The van der Waals surface area contributed by atoms with Crippen molar-refractivity contribution in [2.75, 3.05) is 0 Å². The van der Waals surface area contributed by atoms with Crippen molar-refractivity contribution >= 4 is 11.2 Å². The largest absolute Gasteiger partial charge is 0.335 e. The minimum atomic E-state index is 0.703. The van der Waals surface area contributed by atoms with Gasteiger partial charge in [0, 0.05) is 12.4 Å². The highest BCUT2D eigenvalue weighted by molar-refractivity contribution is 5.77. The zero-order valence-electron chi connectivity index (χ0n) is 9.60. The fourth-order valence-corrected chi connectivity index (χ4v) is 1.67. The molecule has 0 fully saturated rings. The van der Waals surface area contributed by atoms with Crippen LogP contribution in [0.15, 0.2) is 24.7 Å². The summed E-state index contributed by atoms with van der Waals surface area (Å²) in [5.41, 5.74) is 4.40. The van der Waals surface area contributed by atoms with E-state index >= 15 is 0 Å². The molecule has 0 amide bonds. The fraction of sp³-hybridized carbons (Fsp3) is 0.167. The van der Waals surface area contributed by atoms with Crippen LogP contribution in [0.5, 0.6) is 0 Å². The van der Waals surface area contributed by atoms with Crippen molar-refractivity contribution in [3.63, 3.8) is 0 Å². The van der Waals surface area contributed by atoms with Gasteiger partial charge >= 0.3 is 0 Å². The highest BCUT2D eigenvalue weighted by Crippen LogP contribution is 2.18. The molecule has 17 heavy (non-hydrogen) atoms. The van der Waals surface area contributed by atoms with Crippen molar-refractivity contribution in [1.29, 1.82) is 0 Å². The number of rotatable bonds is 1. The third kappa shape index (κ3) is 1.65. The van der Waals surface area contributed by atoms with Crippen molar-refractivity contribution in [3.8, 4) is 11.5 Å². The van der Waals surface area contributed by atoms with Gasteiger partial charge in [0.2, 0.25) is 0 Å². The molecular formula is C12H11N5. The zero-order chi connectivity index (χ0) is 11.8. The molecule has 0 saturated carbocycles. The van der Waals surface area contributed by atoms with Crippen LogP contribution >= 0.6 is 0 Å². The van der Waals surface area contributed by atoms with E-state index in [4.69, 9.17) is 0 Å². The maximum absolute atomic E-state index is 4.40. The summed E-state index contributed by atoms with van der Waals surface area (Å²) in [5, 5.41) is 0. The fourth-order valence-electron chi connectivity index (χ4n) is 1.67. The minimum absolute atomic E-state index is 0.703. The summed E-state index contributed by atoms with van der Waals surface area (Å²) in [6, 6.07) is 1.95. The standard InChI is InChI=1S/C12H11N5/c1-7-3-4-13-12-10(7)16-11(17-12)9-6-14-8(2)5-15-9/h3-6H,1-2H3,(H,13,16,17). The topological polar surface area (TPSA) is 67.3 Å². The number of imidazole rings is 1. The van der Waals surface area contributed by atoms with E-state index < -0.39 is 0 Å². The quantitative estimate of drug-likeness (QED) is 0.688. The number of aryl methyl sites for hydroxylation is 2. The lowest BCUT2D eigenvalue weighted by atomic mass is 10.3. The van der Waals surface area contributed by atoms with Crippen molar-refractivity contribution in [1.82, 2.24) is 24.9 Å². The summed E-state index contributed by atoms with van der Waals surface area (Å²) in [6.07, 6.45) is 5.19. The van der Waals surface area contributed by atoms with Crippen LogP contribution < -0.4 is 0 Å². The van der Waals surface area contributed by atoms with Gasteiger partial charge in [-0.25, -0.2) is 15.0 Å². The third-order valence-electron chi connectivity index (χ3n) is 2.62. The van der Waals surface area contributed by atoms with Gasteiger partial charge < -0.3 is 4.98 Å². The molecule has 3 aromatic heterocycles. The Morgan fingerprint density at radius 3 is 2.65 bits per heavy atom. The summed E-state index contributed by atoms with van der Waals surface area (Å²) in [7, 11) is 0. The Balaban J connectivity index is 2.18. The van der Waals surface area contributed by atoms with Gasteiger partial charge in [0.05, 0.1) is 17.4 Å². The van der Waals surface area contributed by atoms with E-state index in [9.17, 15) is 0 Å². The molecule has 5 heteroatoms. The smallest absolute Gasteiger partial charge is 0.178 e. The lowest BCUT2D eigenvalue weighted by molar-refractivity contribution is 1.10. The van der Waals surface area contributed by atoms with Crippen LogP contribution in [0.4, 0.5) is 0 Å². The van der Waals surface area contributed by atoms with E-state index in [0.29, 0.717) is 11.5 Å². The van der Waals surface area contributed by atoms with Crippen LogP contribution in [0.3, 0.4) is 0 Å². The Morgan fingerprint density at radius 1 is 1.06 bits per heavy atom. The summed E-state index contributed by atoms with van der Waals surface area (Å²) >= 11 is 0. The van der Waals surface area contributed by atoms with Gasteiger partial charge in [-0.15, -0.1) is 0 Å². The summed E-state index contributed by atoms with van der Waals surface area (Å²) in [6.45, 7) is 3.92. The number of nitrogens with one attached hydrogen (secondary N) is 1. The zero-order valence-corrected chi connectivity index (χ0v) is 9.60. The van der Waals surface area contributed by atoms with Crippen LogP contribution in [0.25, 0.3) is 22.7 Å². The van der Waals surface area contributed by atoms with Crippen LogP contribution in [-0.2, 0) is 0 Å². The number of fused-ring (bicyclic) bond motifs is 1.